The van der Waals surface area contributed by atoms with Crippen LogP contribution in [0.3, 0.4) is 0 Å². The van der Waals surface area contributed by atoms with Crippen molar-refractivity contribution < 1.29 is 14.1 Å². The van der Waals surface area contributed by atoms with Gasteiger partial charge in [-0.25, -0.2) is 0 Å². The standard InChI is InChI=1S/C21H36N4O3/c1-21(2,3)20-22-18(23-28-20)14-24-12-9-16(10-13-24)17-8-6-5-7-11-25(17)19(26)15-27-4/h16-17H,5-15H2,1-4H3/t17-/m1/s1. The van der Waals surface area contributed by atoms with Gasteiger partial charge in [0.05, 0.1) is 6.54 Å². The normalized spacial score (nSPS) is 23.0. The Bertz CT molecular complexity index is 632. The molecule has 3 heterocycles. The molecule has 3 rings (SSSR count). The number of piperidine rings is 1. The van der Waals surface area contributed by atoms with Crippen LogP contribution in [0.5, 0.6) is 0 Å². The van der Waals surface area contributed by atoms with Crippen LogP contribution in [0.15, 0.2) is 4.52 Å². The fraction of sp³-hybridized carbons (Fsp3) is 0.857. The Labute approximate surface area is 168 Å². The minimum Gasteiger partial charge on any atom is -0.375 e. The van der Waals surface area contributed by atoms with Crippen LogP contribution in [-0.4, -0.2) is 65.2 Å². The van der Waals surface area contributed by atoms with Crippen molar-refractivity contribution in [1.82, 2.24) is 19.9 Å². The Morgan fingerprint density at radius 3 is 2.54 bits per heavy atom. The quantitative estimate of drug-likeness (QED) is 0.767. The van der Waals surface area contributed by atoms with Crippen LogP contribution >= 0.6 is 0 Å². The Morgan fingerprint density at radius 1 is 1.14 bits per heavy atom. The second-order valence-electron chi connectivity index (χ2n) is 9.32. The second kappa shape index (κ2) is 9.35. The first kappa shape index (κ1) is 21.2. The van der Waals surface area contributed by atoms with Gasteiger partial charge in [0.15, 0.2) is 5.82 Å². The molecule has 0 unspecified atom stereocenters. The summed E-state index contributed by atoms with van der Waals surface area (Å²) in [6, 6.07) is 0.366. The molecule has 1 aromatic rings. The largest absolute Gasteiger partial charge is 0.375 e. The Hall–Kier alpha value is -1.47. The summed E-state index contributed by atoms with van der Waals surface area (Å²) in [5, 5.41) is 4.16. The summed E-state index contributed by atoms with van der Waals surface area (Å²) in [5.74, 6) is 2.20. The average molecular weight is 393 g/mol. The highest BCUT2D eigenvalue weighted by molar-refractivity contribution is 5.77. The number of likely N-dealkylation sites (tertiary alicyclic amines) is 2. The van der Waals surface area contributed by atoms with E-state index in [0.29, 0.717) is 17.9 Å². The van der Waals surface area contributed by atoms with E-state index in [1.807, 2.05) is 0 Å². The van der Waals surface area contributed by atoms with Crippen LogP contribution in [0.1, 0.15) is 71.0 Å². The van der Waals surface area contributed by atoms with E-state index in [1.54, 1.807) is 7.11 Å². The number of aromatic nitrogens is 2. The van der Waals surface area contributed by atoms with Crippen LogP contribution in [0.4, 0.5) is 0 Å². The molecule has 2 aliphatic heterocycles. The van der Waals surface area contributed by atoms with Gasteiger partial charge < -0.3 is 14.2 Å². The number of methoxy groups -OCH3 is 1. The maximum Gasteiger partial charge on any atom is 0.248 e. The molecule has 1 aromatic heterocycles. The van der Waals surface area contributed by atoms with Gasteiger partial charge >= 0.3 is 0 Å². The maximum absolute atomic E-state index is 12.6. The van der Waals surface area contributed by atoms with E-state index in [2.05, 4.69) is 40.7 Å². The molecule has 28 heavy (non-hydrogen) atoms. The van der Waals surface area contributed by atoms with Crippen LogP contribution in [-0.2, 0) is 21.5 Å². The summed E-state index contributed by atoms with van der Waals surface area (Å²) < 4.78 is 10.5. The van der Waals surface area contributed by atoms with Gasteiger partial charge in [-0.1, -0.05) is 38.8 Å². The molecule has 158 valence electrons. The molecular weight excluding hydrogens is 356 g/mol. The molecule has 0 N–H and O–H groups in total. The van der Waals surface area contributed by atoms with Crippen molar-refractivity contribution >= 4 is 5.91 Å². The number of hydrogen-bond donors (Lipinski definition) is 0. The predicted molar refractivity (Wildman–Crippen MR) is 107 cm³/mol. The molecule has 0 aromatic carbocycles. The topological polar surface area (TPSA) is 71.7 Å². The third-order valence-corrected chi connectivity index (χ3v) is 6.04. The van der Waals surface area contributed by atoms with E-state index in [4.69, 9.17) is 9.26 Å². The third kappa shape index (κ3) is 5.32. The van der Waals surface area contributed by atoms with Gasteiger partial charge in [-0.3, -0.25) is 9.69 Å². The fourth-order valence-corrected chi connectivity index (χ4v) is 4.46. The summed E-state index contributed by atoms with van der Waals surface area (Å²) >= 11 is 0. The van der Waals surface area contributed by atoms with Crippen molar-refractivity contribution in [2.75, 3.05) is 33.4 Å². The molecule has 0 bridgehead atoms. The highest BCUT2D eigenvalue weighted by Crippen LogP contribution is 2.30. The molecule has 0 aliphatic carbocycles. The minimum atomic E-state index is -0.115. The zero-order valence-electron chi connectivity index (χ0n) is 17.9. The molecule has 1 atom stereocenters. The monoisotopic (exact) mass is 392 g/mol. The van der Waals surface area contributed by atoms with Gasteiger partial charge in [0, 0.05) is 25.1 Å². The summed E-state index contributed by atoms with van der Waals surface area (Å²) in [6.07, 6.45) is 6.91. The lowest BCUT2D eigenvalue weighted by Crippen LogP contribution is -2.48. The molecule has 0 spiro atoms. The summed E-state index contributed by atoms with van der Waals surface area (Å²) in [4.78, 5) is 21.6. The Balaban J connectivity index is 1.56. The van der Waals surface area contributed by atoms with Crippen molar-refractivity contribution in [3.8, 4) is 0 Å². The van der Waals surface area contributed by atoms with Crippen LogP contribution in [0.2, 0.25) is 0 Å². The maximum atomic E-state index is 12.6. The number of carbonyl (C=O) groups is 1. The lowest BCUT2D eigenvalue weighted by atomic mass is 9.86. The van der Waals surface area contributed by atoms with E-state index in [9.17, 15) is 4.79 Å². The average Bonchev–Trinajstić information content (AvgIpc) is 2.99. The van der Waals surface area contributed by atoms with Crippen molar-refractivity contribution in [3.63, 3.8) is 0 Å². The van der Waals surface area contributed by atoms with E-state index in [-0.39, 0.29) is 17.9 Å². The van der Waals surface area contributed by atoms with E-state index in [1.165, 1.54) is 12.8 Å². The van der Waals surface area contributed by atoms with Crippen molar-refractivity contribution in [2.45, 2.75) is 77.3 Å². The molecule has 2 fully saturated rings. The first-order valence-electron chi connectivity index (χ1n) is 10.7. The van der Waals surface area contributed by atoms with Crippen molar-refractivity contribution in [2.24, 2.45) is 5.92 Å². The zero-order valence-corrected chi connectivity index (χ0v) is 17.9. The molecule has 7 nitrogen and oxygen atoms in total. The van der Waals surface area contributed by atoms with Gasteiger partial charge in [-0.2, -0.15) is 4.98 Å². The highest BCUT2D eigenvalue weighted by atomic mass is 16.5. The van der Waals surface area contributed by atoms with E-state index >= 15 is 0 Å². The molecular formula is C21H36N4O3. The Morgan fingerprint density at radius 2 is 1.89 bits per heavy atom. The number of nitrogens with zero attached hydrogens (tertiary/aromatic N) is 4. The van der Waals surface area contributed by atoms with Gasteiger partial charge in [0.1, 0.15) is 6.61 Å². The van der Waals surface area contributed by atoms with Gasteiger partial charge in [0.25, 0.3) is 0 Å². The van der Waals surface area contributed by atoms with Crippen LogP contribution in [0.25, 0.3) is 0 Å². The van der Waals surface area contributed by atoms with Gasteiger partial charge in [0.2, 0.25) is 11.8 Å². The third-order valence-electron chi connectivity index (χ3n) is 6.04. The minimum absolute atomic E-state index is 0.115. The van der Waals surface area contributed by atoms with E-state index in [0.717, 1.165) is 57.7 Å². The molecule has 0 radical (unpaired) electrons. The lowest BCUT2D eigenvalue weighted by Gasteiger charge is -2.40. The first-order chi connectivity index (χ1) is 13.4. The van der Waals surface area contributed by atoms with E-state index < -0.39 is 0 Å². The first-order valence-corrected chi connectivity index (χ1v) is 10.7. The zero-order chi connectivity index (χ0) is 20.1. The Kier molecular flexibility index (Phi) is 7.10. The molecule has 7 heteroatoms. The molecule has 2 aliphatic rings. The number of ether oxygens (including phenoxy) is 1. The summed E-state index contributed by atoms with van der Waals surface area (Å²) in [5.41, 5.74) is -0.115. The number of hydrogen-bond acceptors (Lipinski definition) is 6. The SMILES string of the molecule is COCC(=O)N1CCCCC[C@@H]1C1CCN(Cc2noc(C(C)(C)C)n2)CC1. The molecule has 2 saturated heterocycles. The van der Waals surface area contributed by atoms with Crippen molar-refractivity contribution in [3.05, 3.63) is 11.7 Å². The number of rotatable bonds is 5. The summed E-state index contributed by atoms with van der Waals surface area (Å²) in [7, 11) is 1.60. The smallest absolute Gasteiger partial charge is 0.248 e. The number of carbonyl (C=O) groups excluding carboxylic acids is 1. The molecule has 0 saturated carbocycles. The molecule has 1 amide bonds. The number of amides is 1. The highest BCUT2D eigenvalue weighted by Gasteiger charge is 2.34. The predicted octanol–water partition coefficient (Wildman–Crippen LogP) is 3.00. The van der Waals surface area contributed by atoms with Crippen LogP contribution in [0, 0.1) is 5.92 Å². The summed E-state index contributed by atoms with van der Waals surface area (Å²) in [6.45, 7) is 10.1. The fourth-order valence-electron chi connectivity index (χ4n) is 4.46. The van der Waals surface area contributed by atoms with Gasteiger partial charge in [-0.05, 0) is 44.7 Å². The van der Waals surface area contributed by atoms with Gasteiger partial charge in [-0.15, -0.1) is 0 Å². The lowest BCUT2D eigenvalue weighted by molar-refractivity contribution is -0.139. The second-order valence-corrected chi connectivity index (χ2v) is 9.32. The van der Waals surface area contributed by atoms with Crippen molar-refractivity contribution in [1.29, 1.82) is 0 Å². The van der Waals surface area contributed by atoms with Crippen LogP contribution < -0.4 is 0 Å².